The predicted molar refractivity (Wildman–Crippen MR) is 67.2 cm³/mol. The van der Waals surface area contributed by atoms with Crippen molar-refractivity contribution in [1.82, 2.24) is 10.2 Å². The Morgan fingerprint density at radius 1 is 1.33 bits per heavy atom. The molecule has 0 saturated carbocycles. The van der Waals surface area contributed by atoms with Gasteiger partial charge in [0.05, 0.1) is 0 Å². The minimum Gasteiger partial charge on any atom is -0.317 e. The van der Waals surface area contributed by atoms with Crippen LogP contribution in [0, 0.1) is 5.92 Å². The van der Waals surface area contributed by atoms with Gasteiger partial charge in [0.2, 0.25) is 0 Å². The van der Waals surface area contributed by atoms with Crippen molar-refractivity contribution in [3.8, 4) is 0 Å². The number of nitrogens with zero attached hydrogens (tertiary/aromatic N) is 1. The Labute approximate surface area is 95.4 Å². The van der Waals surface area contributed by atoms with Gasteiger partial charge >= 0.3 is 0 Å². The second-order valence-electron chi connectivity index (χ2n) is 5.10. The van der Waals surface area contributed by atoms with Gasteiger partial charge in [-0.25, -0.2) is 0 Å². The van der Waals surface area contributed by atoms with Gasteiger partial charge in [-0.05, 0) is 45.2 Å². The third-order valence-electron chi connectivity index (χ3n) is 3.69. The summed E-state index contributed by atoms with van der Waals surface area (Å²) >= 11 is 0. The summed E-state index contributed by atoms with van der Waals surface area (Å²) in [5.41, 5.74) is 0. The molecule has 0 spiro atoms. The fourth-order valence-corrected chi connectivity index (χ4v) is 2.71. The maximum atomic E-state index is 3.44. The molecule has 3 atom stereocenters. The Morgan fingerprint density at radius 3 is 2.67 bits per heavy atom. The number of hydrogen-bond donors (Lipinski definition) is 1. The van der Waals surface area contributed by atoms with E-state index in [9.17, 15) is 0 Å². The molecule has 2 heteroatoms. The predicted octanol–water partition coefficient (Wildman–Crippen LogP) is 2.49. The molecule has 0 aromatic heterocycles. The summed E-state index contributed by atoms with van der Waals surface area (Å²) in [6, 6.07) is 1.66. The van der Waals surface area contributed by atoms with E-state index in [1.165, 1.54) is 25.8 Å². The highest BCUT2D eigenvalue weighted by molar-refractivity contribution is 4.85. The van der Waals surface area contributed by atoms with Crippen LogP contribution in [0.5, 0.6) is 0 Å². The van der Waals surface area contributed by atoms with Crippen LogP contribution in [-0.2, 0) is 0 Å². The number of nitrogens with one attached hydrogen (secondary N) is 1. The van der Waals surface area contributed by atoms with Gasteiger partial charge in [0.1, 0.15) is 0 Å². The van der Waals surface area contributed by atoms with Crippen LogP contribution in [0.25, 0.3) is 0 Å². The summed E-state index contributed by atoms with van der Waals surface area (Å²) in [7, 11) is 0. The highest BCUT2D eigenvalue weighted by atomic mass is 15.2. The van der Waals surface area contributed by atoms with Crippen molar-refractivity contribution in [2.45, 2.75) is 59.0 Å². The summed E-state index contributed by atoms with van der Waals surface area (Å²) in [4.78, 5) is 2.72. The molecule has 1 rings (SSSR count). The molecule has 3 unspecified atom stereocenters. The highest BCUT2D eigenvalue weighted by Gasteiger charge is 2.29. The van der Waals surface area contributed by atoms with Crippen LogP contribution >= 0.6 is 0 Å². The van der Waals surface area contributed by atoms with Crippen molar-refractivity contribution in [3.63, 3.8) is 0 Å². The van der Waals surface area contributed by atoms with E-state index in [0.717, 1.165) is 31.1 Å². The minimum atomic E-state index is 0.777. The molecule has 2 nitrogen and oxygen atoms in total. The summed E-state index contributed by atoms with van der Waals surface area (Å²) in [6.45, 7) is 12.8. The van der Waals surface area contributed by atoms with Gasteiger partial charge in [0.15, 0.2) is 0 Å². The lowest BCUT2D eigenvalue weighted by Crippen LogP contribution is -2.39. The Kier molecular flexibility index (Phi) is 5.62. The van der Waals surface area contributed by atoms with E-state index < -0.39 is 0 Å². The van der Waals surface area contributed by atoms with Crippen LogP contribution in [-0.4, -0.2) is 36.6 Å². The van der Waals surface area contributed by atoms with Gasteiger partial charge in [-0.1, -0.05) is 20.8 Å². The van der Waals surface area contributed by atoms with Crippen LogP contribution in [0.2, 0.25) is 0 Å². The molecule has 0 bridgehead atoms. The molecule has 0 aromatic carbocycles. The van der Waals surface area contributed by atoms with Gasteiger partial charge in [-0.2, -0.15) is 0 Å². The second-order valence-corrected chi connectivity index (χ2v) is 5.10. The zero-order chi connectivity index (χ0) is 11.3. The van der Waals surface area contributed by atoms with Gasteiger partial charge in [0, 0.05) is 18.6 Å². The fourth-order valence-electron chi connectivity index (χ4n) is 2.71. The Balaban J connectivity index is 2.34. The monoisotopic (exact) mass is 212 g/mol. The van der Waals surface area contributed by atoms with Crippen molar-refractivity contribution in [2.24, 2.45) is 5.92 Å². The van der Waals surface area contributed by atoms with E-state index in [-0.39, 0.29) is 0 Å². The minimum absolute atomic E-state index is 0.777. The maximum Gasteiger partial charge on any atom is 0.00961 e. The summed E-state index contributed by atoms with van der Waals surface area (Å²) in [6.07, 6.45) is 4.12. The summed E-state index contributed by atoms with van der Waals surface area (Å²) < 4.78 is 0. The average Bonchev–Trinajstić information content (AvgIpc) is 2.57. The first-order valence-corrected chi connectivity index (χ1v) is 6.65. The zero-order valence-electron chi connectivity index (χ0n) is 10.9. The van der Waals surface area contributed by atoms with E-state index in [1.54, 1.807) is 0 Å². The third kappa shape index (κ3) is 3.76. The topological polar surface area (TPSA) is 15.3 Å². The molecule has 1 N–H and O–H groups in total. The van der Waals surface area contributed by atoms with Gasteiger partial charge in [-0.15, -0.1) is 0 Å². The molecule has 15 heavy (non-hydrogen) atoms. The van der Waals surface area contributed by atoms with Gasteiger partial charge in [-0.3, -0.25) is 4.90 Å². The van der Waals surface area contributed by atoms with E-state index in [1.807, 2.05) is 0 Å². The van der Waals surface area contributed by atoms with Crippen molar-refractivity contribution >= 4 is 0 Å². The number of likely N-dealkylation sites (tertiary alicyclic amines) is 1. The van der Waals surface area contributed by atoms with Crippen LogP contribution in [0.1, 0.15) is 47.0 Å². The van der Waals surface area contributed by atoms with Crippen LogP contribution < -0.4 is 5.32 Å². The summed E-state index contributed by atoms with van der Waals surface area (Å²) in [5.74, 6) is 0.777. The van der Waals surface area contributed by atoms with E-state index >= 15 is 0 Å². The number of rotatable bonds is 6. The molecule has 0 aliphatic carbocycles. The highest BCUT2D eigenvalue weighted by Crippen LogP contribution is 2.26. The third-order valence-corrected chi connectivity index (χ3v) is 3.69. The Hall–Kier alpha value is -0.0800. The summed E-state index contributed by atoms with van der Waals surface area (Å²) in [5, 5.41) is 3.44. The van der Waals surface area contributed by atoms with E-state index in [2.05, 4.69) is 37.9 Å². The molecule has 1 saturated heterocycles. The quantitative estimate of drug-likeness (QED) is 0.728. The van der Waals surface area contributed by atoms with Crippen molar-refractivity contribution in [3.05, 3.63) is 0 Å². The van der Waals surface area contributed by atoms with E-state index in [4.69, 9.17) is 0 Å². The zero-order valence-corrected chi connectivity index (χ0v) is 10.9. The first kappa shape index (κ1) is 13.0. The van der Waals surface area contributed by atoms with Gasteiger partial charge < -0.3 is 5.32 Å². The maximum absolute atomic E-state index is 3.44. The fraction of sp³-hybridized carbons (Fsp3) is 1.00. The molecule has 1 aliphatic rings. The van der Waals surface area contributed by atoms with Crippen LogP contribution in [0.15, 0.2) is 0 Å². The van der Waals surface area contributed by atoms with Crippen molar-refractivity contribution in [1.29, 1.82) is 0 Å². The van der Waals surface area contributed by atoms with Crippen molar-refractivity contribution < 1.29 is 0 Å². The second kappa shape index (κ2) is 6.49. The van der Waals surface area contributed by atoms with Gasteiger partial charge in [0.25, 0.3) is 0 Å². The normalized spacial score (nSPS) is 29.6. The number of hydrogen-bond acceptors (Lipinski definition) is 2. The first-order valence-electron chi connectivity index (χ1n) is 6.65. The molecular weight excluding hydrogens is 184 g/mol. The Morgan fingerprint density at radius 2 is 2.07 bits per heavy atom. The molecule has 0 radical (unpaired) electrons. The molecule has 1 aliphatic heterocycles. The SMILES string of the molecule is CCNCC(C)CN1C(C)CCC1CC. The molecule has 90 valence electrons. The smallest absolute Gasteiger partial charge is 0.00961 e. The Bertz CT molecular complexity index is 170. The van der Waals surface area contributed by atoms with Crippen LogP contribution in [0.4, 0.5) is 0 Å². The molecule has 0 aromatic rings. The van der Waals surface area contributed by atoms with E-state index in [0.29, 0.717) is 0 Å². The first-order chi connectivity index (χ1) is 7.19. The lowest BCUT2D eigenvalue weighted by Gasteiger charge is -2.30. The molecule has 1 heterocycles. The largest absolute Gasteiger partial charge is 0.317 e. The molecule has 0 amide bonds. The standard InChI is InChI=1S/C13H28N2/c1-5-13-8-7-12(4)15(13)10-11(3)9-14-6-2/h11-14H,5-10H2,1-4H3. The van der Waals surface area contributed by atoms with Crippen LogP contribution in [0.3, 0.4) is 0 Å². The lowest BCUT2D eigenvalue weighted by atomic mass is 10.1. The lowest BCUT2D eigenvalue weighted by molar-refractivity contribution is 0.171. The molecule has 1 fully saturated rings. The average molecular weight is 212 g/mol. The van der Waals surface area contributed by atoms with Crippen molar-refractivity contribution in [2.75, 3.05) is 19.6 Å². The molecular formula is C13H28N2.